The largest absolute Gasteiger partial charge is 0.493 e. The van der Waals surface area contributed by atoms with E-state index < -0.39 is 0 Å². The molecule has 0 unspecified atom stereocenters. The first-order valence-corrected chi connectivity index (χ1v) is 10.7. The van der Waals surface area contributed by atoms with Crippen molar-refractivity contribution in [2.24, 2.45) is 5.10 Å². The van der Waals surface area contributed by atoms with Gasteiger partial charge in [0.05, 0.1) is 30.3 Å². The lowest BCUT2D eigenvalue weighted by atomic mass is 10.2. The van der Waals surface area contributed by atoms with E-state index in [2.05, 4.69) is 32.9 Å². The first-order chi connectivity index (χ1) is 14.3. The Labute approximate surface area is 184 Å². The van der Waals surface area contributed by atoms with Crippen LogP contribution in [-0.4, -0.2) is 29.1 Å². The summed E-state index contributed by atoms with van der Waals surface area (Å²) in [5, 5.41) is 4.98. The molecule has 3 rings (SSSR count). The number of benzene rings is 2. The average Bonchev–Trinajstić information content (AvgIpc) is 2.73. The quantitative estimate of drug-likeness (QED) is 0.435. The van der Waals surface area contributed by atoms with Gasteiger partial charge in [-0.2, -0.15) is 9.78 Å². The number of aromatic nitrogens is 2. The number of nitrogens with zero attached hydrogens (tertiary/aromatic N) is 3. The minimum atomic E-state index is -0.204. The van der Waals surface area contributed by atoms with Crippen LogP contribution in [0.25, 0.3) is 10.9 Å². The fraction of sp³-hybridized carbons (Fsp3) is 0.348. The molecule has 3 aromatic rings. The van der Waals surface area contributed by atoms with Crippen LogP contribution in [0.3, 0.4) is 0 Å². The molecule has 0 saturated carbocycles. The molecule has 158 valence electrons. The SMILES string of the molecule is CC[C@@H](C)Oc1ccc(C=Nn2c(C(C)C)nc3ccc(Br)cc3c2=O)cc1OC. The van der Waals surface area contributed by atoms with Gasteiger partial charge in [0.2, 0.25) is 0 Å². The van der Waals surface area contributed by atoms with E-state index in [1.165, 1.54) is 4.68 Å². The lowest BCUT2D eigenvalue weighted by Crippen LogP contribution is -2.23. The van der Waals surface area contributed by atoms with Gasteiger partial charge in [-0.25, -0.2) is 4.98 Å². The summed E-state index contributed by atoms with van der Waals surface area (Å²) in [4.78, 5) is 17.8. The lowest BCUT2D eigenvalue weighted by molar-refractivity contribution is 0.207. The van der Waals surface area contributed by atoms with E-state index in [1.807, 2.05) is 51.1 Å². The van der Waals surface area contributed by atoms with E-state index in [-0.39, 0.29) is 17.6 Å². The molecule has 1 heterocycles. The van der Waals surface area contributed by atoms with Gasteiger partial charge < -0.3 is 9.47 Å². The fourth-order valence-corrected chi connectivity index (χ4v) is 3.30. The van der Waals surface area contributed by atoms with Crippen molar-refractivity contribution in [1.82, 2.24) is 9.66 Å². The summed E-state index contributed by atoms with van der Waals surface area (Å²) in [6.07, 6.45) is 2.63. The third-order valence-electron chi connectivity index (χ3n) is 4.76. The van der Waals surface area contributed by atoms with Crippen LogP contribution in [0.2, 0.25) is 0 Å². The Hall–Kier alpha value is -2.67. The molecular weight excluding hydrogens is 446 g/mol. The molecule has 0 N–H and O–H groups in total. The van der Waals surface area contributed by atoms with E-state index in [1.54, 1.807) is 19.4 Å². The molecule has 0 spiro atoms. The fourth-order valence-electron chi connectivity index (χ4n) is 2.94. The number of fused-ring (bicyclic) bond motifs is 1. The van der Waals surface area contributed by atoms with Gasteiger partial charge in [-0.15, -0.1) is 0 Å². The molecule has 30 heavy (non-hydrogen) atoms. The lowest BCUT2D eigenvalue weighted by Gasteiger charge is -2.15. The van der Waals surface area contributed by atoms with Gasteiger partial charge >= 0.3 is 0 Å². The molecule has 0 radical (unpaired) electrons. The summed E-state index contributed by atoms with van der Waals surface area (Å²) >= 11 is 3.42. The zero-order chi connectivity index (χ0) is 21.8. The standard InChI is InChI=1S/C23H26BrN3O3/c1-6-15(4)30-20-10-7-16(11-21(20)29-5)13-25-27-22(14(2)3)26-19-9-8-17(24)12-18(19)23(27)28/h7-15H,6H2,1-5H3/t15-/m1/s1. The van der Waals surface area contributed by atoms with Crippen LogP contribution in [0.5, 0.6) is 11.5 Å². The van der Waals surface area contributed by atoms with E-state index >= 15 is 0 Å². The Morgan fingerprint density at radius 3 is 2.60 bits per heavy atom. The molecule has 0 fully saturated rings. The number of rotatable bonds is 7. The maximum atomic E-state index is 13.1. The molecule has 1 atom stereocenters. The second kappa shape index (κ2) is 9.43. The number of halogens is 1. The first kappa shape index (κ1) is 22.0. The van der Waals surface area contributed by atoms with E-state index in [0.717, 1.165) is 16.5 Å². The van der Waals surface area contributed by atoms with Gasteiger partial charge in [0.1, 0.15) is 5.82 Å². The molecule has 6 nitrogen and oxygen atoms in total. The highest BCUT2D eigenvalue weighted by Gasteiger charge is 2.14. The van der Waals surface area contributed by atoms with Crippen LogP contribution in [0, 0.1) is 0 Å². The Morgan fingerprint density at radius 2 is 1.93 bits per heavy atom. The highest BCUT2D eigenvalue weighted by molar-refractivity contribution is 9.10. The third kappa shape index (κ3) is 4.73. The highest BCUT2D eigenvalue weighted by Crippen LogP contribution is 2.29. The monoisotopic (exact) mass is 471 g/mol. The zero-order valence-electron chi connectivity index (χ0n) is 17.8. The van der Waals surface area contributed by atoms with Gasteiger partial charge in [0.25, 0.3) is 5.56 Å². The van der Waals surface area contributed by atoms with E-state index in [4.69, 9.17) is 9.47 Å². The Morgan fingerprint density at radius 1 is 1.17 bits per heavy atom. The number of hydrogen-bond acceptors (Lipinski definition) is 5. The molecule has 0 bridgehead atoms. The van der Waals surface area contributed by atoms with Crippen molar-refractivity contribution in [1.29, 1.82) is 0 Å². The molecular formula is C23H26BrN3O3. The van der Waals surface area contributed by atoms with Crippen LogP contribution in [-0.2, 0) is 0 Å². The second-order valence-corrected chi connectivity index (χ2v) is 8.31. The maximum Gasteiger partial charge on any atom is 0.282 e. The van der Waals surface area contributed by atoms with Crippen LogP contribution < -0.4 is 15.0 Å². The van der Waals surface area contributed by atoms with Gasteiger partial charge in [-0.3, -0.25) is 4.79 Å². The van der Waals surface area contributed by atoms with Crippen molar-refractivity contribution >= 4 is 33.0 Å². The Balaban J connectivity index is 2.04. The molecule has 7 heteroatoms. The van der Waals surface area contributed by atoms with Crippen molar-refractivity contribution in [2.45, 2.75) is 46.1 Å². The van der Waals surface area contributed by atoms with Crippen LogP contribution in [0.15, 0.2) is 50.8 Å². The molecule has 0 aliphatic heterocycles. The molecule has 0 amide bonds. The van der Waals surface area contributed by atoms with Crippen molar-refractivity contribution in [3.8, 4) is 11.5 Å². The van der Waals surface area contributed by atoms with Crippen molar-refractivity contribution in [3.63, 3.8) is 0 Å². The van der Waals surface area contributed by atoms with Gasteiger partial charge in [-0.1, -0.05) is 36.7 Å². The minimum Gasteiger partial charge on any atom is -0.493 e. The zero-order valence-corrected chi connectivity index (χ0v) is 19.4. The number of hydrogen-bond donors (Lipinski definition) is 0. The first-order valence-electron chi connectivity index (χ1n) is 9.95. The molecule has 2 aromatic carbocycles. The normalized spacial score (nSPS) is 12.6. The average molecular weight is 472 g/mol. The predicted octanol–water partition coefficient (Wildman–Crippen LogP) is 5.35. The minimum absolute atomic E-state index is 0.0312. The summed E-state index contributed by atoms with van der Waals surface area (Å²) in [7, 11) is 1.60. The van der Waals surface area contributed by atoms with E-state index in [0.29, 0.717) is 28.2 Å². The summed E-state index contributed by atoms with van der Waals surface area (Å²) in [6, 6.07) is 11.1. The Bertz CT molecular complexity index is 1140. The second-order valence-electron chi connectivity index (χ2n) is 7.39. The van der Waals surface area contributed by atoms with Crippen LogP contribution in [0.1, 0.15) is 51.4 Å². The van der Waals surface area contributed by atoms with Crippen molar-refractivity contribution in [2.75, 3.05) is 7.11 Å². The number of ether oxygens (including phenoxy) is 2. The van der Waals surface area contributed by atoms with Crippen LogP contribution in [0.4, 0.5) is 0 Å². The summed E-state index contributed by atoms with van der Waals surface area (Å²) in [5.74, 6) is 1.94. The summed E-state index contributed by atoms with van der Waals surface area (Å²) in [6.45, 7) is 8.06. The van der Waals surface area contributed by atoms with Crippen LogP contribution >= 0.6 is 15.9 Å². The van der Waals surface area contributed by atoms with Gasteiger partial charge in [-0.05, 0) is 55.3 Å². The van der Waals surface area contributed by atoms with Gasteiger partial charge in [0, 0.05) is 10.4 Å². The maximum absolute atomic E-state index is 13.1. The van der Waals surface area contributed by atoms with Gasteiger partial charge in [0.15, 0.2) is 11.5 Å². The molecule has 0 saturated heterocycles. The van der Waals surface area contributed by atoms with Crippen molar-refractivity contribution in [3.05, 3.63) is 62.6 Å². The summed E-state index contributed by atoms with van der Waals surface area (Å²) < 4.78 is 13.6. The summed E-state index contributed by atoms with van der Waals surface area (Å²) in [5.41, 5.74) is 1.25. The smallest absolute Gasteiger partial charge is 0.282 e. The van der Waals surface area contributed by atoms with Crippen molar-refractivity contribution < 1.29 is 9.47 Å². The molecule has 1 aromatic heterocycles. The molecule has 0 aliphatic rings. The Kier molecular flexibility index (Phi) is 6.92. The third-order valence-corrected chi connectivity index (χ3v) is 5.26. The highest BCUT2D eigenvalue weighted by atomic mass is 79.9. The molecule has 0 aliphatic carbocycles. The number of methoxy groups -OCH3 is 1. The van der Waals surface area contributed by atoms with E-state index in [9.17, 15) is 4.79 Å². The predicted molar refractivity (Wildman–Crippen MR) is 124 cm³/mol. The topological polar surface area (TPSA) is 65.7 Å².